The van der Waals surface area contributed by atoms with Gasteiger partial charge in [0.05, 0.1) is 0 Å². The summed E-state index contributed by atoms with van der Waals surface area (Å²) in [5.41, 5.74) is 2.21. The van der Waals surface area contributed by atoms with Crippen LogP contribution in [0.1, 0.15) is 22.8 Å². The SMILES string of the molecule is CC(=O)Nc1ccc(C(=O)Nc2ccc(CC(=O)[O-])cc2)cc1. The average Bonchev–Trinajstić information content (AvgIpc) is 2.49. The van der Waals surface area contributed by atoms with Crippen molar-refractivity contribution in [3.05, 3.63) is 59.7 Å². The predicted molar refractivity (Wildman–Crippen MR) is 83.9 cm³/mol. The van der Waals surface area contributed by atoms with Crippen LogP contribution in [-0.4, -0.2) is 17.8 Å². The highest BCUT2D eigenvalue weighted by molar-refractivity contribution is 6.04. The first-order valence-corrected chi connectivity index (χ1v) is 6.92. The van der Waals surface area contributed by atoms with Crippen molar-refractivity contribution in [3.63, 3.8) is 0 Å². The lowest BCUT2D eigenvalue weighted by atomic mass is 10.1. The van der Waals surface area contributed by atoms with Gasteiger partial charge in [0.25, 0.3) is 5.91 Å². The molecular weight excluding hydrogens is 296 g/mol. The number of carboxylic acids is 1. The molecule has 6 nitrogen and oxygen atoms in total. The quantitative estimate of drug-likeness (QED) is 0.866. The van der Waals surface area contributed by atoms with Gasteiger partial charge in [0.15, 0.2) is 0 Å². The molecule has 6 heteroatoms. The Bertz CT molecular complexity index is 721. The van der Waals surface area contributed by atoms with Gasteiger partial charge >= 0.3 is 0 Å². The molecule has 2 N–H and O–H groups in total. The van der Waals surface area contributed by atoms with Crippen molar-refractivity contribution in [3.8, 4) is 0 Å². The Morgan fingerprint density at radius 1 is 0.870 bits per heavy atom. The zero-order valence-corrected chi connectivity index (χ0v) is 12.5. The van der Waals surface area contributed by atoms with Gasteiger partial charge in [0.2, 0.25) is 5.91 Å². The Morgan fingerprint density at radius 2 is 1.39 bits per heavy atom. The molecule has 0 aliphatic rings. The van der Waals surface area contributed by atoms with Crippen molar-refractivity contribution in [1.29, 1.82) is 0 Å². The number of rotatable bonds is 5. The first-order chi connectivity index (χ1) is 10.9. The Labute approximate surface area is 133 Å². The van der Waals surface area contributed by atoms with Crippen LogP contribution in [0.3, 0.4) is 0 Å². The molecule has 118 valence electrons. The van der Waals surface area contributed by atoms with E-state index in [4.69, 9.17) is 0 Å². The Morgan fingerprint density at radius 3 is 1.91 bits per heavy atom. The van der Waals surface area contributed by atoms with Crippen LogP contribution in [0.25, 0.3) is 0 Å². The zero-order valence-electron chi connectivity index (χ0n) is 12.5. The number of anilines is 2. The molecule has 23 heavy (non-hydrogen) atoms. The van der Waals surface area contributed by atoms with Crippen LogP contribution in [0.2, 0.25) is 0 Å². The highest BCUT2D eigenvalue weighted by atomic mass is 16.4. The van der Waals surface area contributed by atoms with E-state index in [1.807, 2.05) is 0 Å². The molecule has 0 saturated carbocycles. The van der Waals surface area contributed by atoms with Gasteiger partial charge in [-0.15, -0.1) is 0 Å². The first-order valence-electron chi connectivity index (χ1n) is 6.92. The minimum absolute atomic E-state index is 0.168. The molecule has 0 bridgehead atoms. The maximum Gasteiger partial charge on any atom is 0.255 e. The molecule has 0 aliphatic heterocycles. The van der Waals surface area contributed by atoms with Crippen LogP contribution >= 0.6 is 0 Å². The molecule has 0 atom stereocenters. The predicted octanol–water partition coefficient (Wildman–Crippen LogP) is 1.19. The highest BCUT2D eigenvalue weighted by Crippen LogP contribution is 2.14. The molecule has 2 amide bonds. The summed E-state index contributed by atoms with van der Waals surface area (Å²) in [5.74, 6) is -1.63. The lowest BCUT2D eigenvalue weighted by molar-refractivity contribution is -0.304. The Hall–Kier alpha value is -3.15. The number of benzene rings is 2. The molecule has 2 rings (SSSR count). The summed E-state index contributed by atoms with van der Waals surface area (Å²) in [6.45, 7) is 1.41. The van der Waals surface area contributed by atoms with Crippen molar-refractivity contribution in [1.82, 2.24) is 0 Å². The number of hydrogen-bond donors (Lipinski definition) is 2. The van der Waals surface area contributed by atoms with E-state index in [-0.39, 0.29) is 18.2 Å². The van der Waals surface area contributed by atoms with E-state index in [9.17, 15) is 19.5 Å². The van der Waals surface area contributed by atoms with Gasteiger partial charge in [0.1, 0.15) is 0 Å². The lowest BCUT2D eigenvalue weighted by Gasteiger charge is -2.08. The van der Waals surface area contributed by atoms with Crippen molar-refractivity contribution in [2.24, 2.45) is 0 Å². The second-order valence-corrected chi connectivity index (χ2v) is 4.96. The monoisotopic (exact) mass is 311 g/mol. The second-order valence-electron chi connectivity index (χ2n) is 4.96. The molecule has 0 heterocycles. The summed E-state index contributed by atoms with van der Waals surface area (Å²) >= 11 is 0. The Balaban J connectivity index is 2.01. The van der Waals surface area contributed by atoms with E-state index >= 15 is 0 Å². The van der Waals surface area contributed by atoms with Gasteiger partial charge in [-0.25, -0.2) is 0 Å². The van der Waals surface area contributed by atoms with Crippen LogP contribution < -0.4 is 15.7 Å². The van der Waals surface area contributed by atoms with Gasteiger partial charge in [0, 0.05) is 36.3 Å². The summed E-state index contributed by atoms with van der Waals surface area (Å²) in [4.78, 5) is 33.5. The van der Waals surface area contributed by atoms with E-state index in [0.29, 0.717) is 22.5 Å². The standard InChI is InChI=1S/C17H16N2O4/c1-11(20)18-14-8-4-13(5-9-14)17(23)19-15-6-2-12(3-7-15)10-16(21)22/h2-9H,10H2,1H3,(H,18,20)(H,19,23)(H,21,22)/p-1. The molecule has 0 unspecified atom stereocenters. The van der Waals surface area contributed by atoms with Crippen LogP contribution in [0, 0.1) is 0 Å². The number of aliphatic carboxylic acids is 1. The fourth-order valence-electron chi connectivity index (χ4n) is 1.98. The number of carbonyl (C=O) groups is 3. The maximum absolute atomic E-state index is 12.1. The molecule has 0 saturated heterocycles. The van der Waals surface area contributed by atoms with E-state index in [0.717, 1.165) is 0 Å². The van der Waals surface area contributed by atoms with Gasteiger partial charge in [-0.1, -0.05) is 12.1 Å². The number of carboxylic acid groups (broad SMARTS) is 1. The summed E-state index contributed by atoms with van der Waals surface area (Å²) in [5, 5.41) is 15.8. The normalized spacial score (nSPS) is 9.96. The molecule has 0 spiro atoms. The van der Waals surface area contributed by atoms with Crippen LogP contribution in [0.15, 0.2) is 48.5 Å². The minimum atomic E-state index is -1.15. The third-order valence-corrected chi connectivity index (χ3v) is 3.03. The largest absolute Gasteiger partial charge is 0.550 e. The summed E-state index contributed by atoms with van der Waals surface area (Å²) in [6, 6.07) is 13.0. The Kier molecular flexibility index (Phi) is 5.09. The zero-order chi connectivity index (χ0) is 16.8. The highest BCUT2D eigenvalue weighted by Gasteiger charge is 2.06. The van der Waals surface area contributed by atoms with Crippen molar-refractivity contribution in [2.45, 2.75) is 13.3 Å². The van der Waals surface area contributed by atoms with Crippen molar-refractivity contribution in [2.75, 3.05) is 10.6 Å². The van der Waals surface area contributed by atoms with E-state index in [1.165, 1.54) is 6.92 Å². The average molecular weight is 311 g/mol. The van der Waals surface area contributed by atoms with Crippen LogP contribution in [0.5, 0.6) is 0 Å². The molecule has 0 aliphatic carbocycles. The molecule has 2 aromatic carbocycles. The van der Waals surface area contributed by atoms with Gasteiger partial charge in [-0.3, -0.25) is 9.59 Å². The fourth-order valence-corrected chi connectivity index (χ4v) is 1.98. The molecule has 0 aromatic heterocycles. The van der Waals surface area contributed by atoms with Gasteiger partial charge in [-0.05, 0) is 42.0 Å². The van der Waals surface area contributed by atoms with Gasteiger partial charge < -0.3 is 20.5 Å². The molecule has 0 radical (unpaired) electrons. The third kappa shape index (κ3) is 4.96. The van der Waals surface area contributed by atoms with Gasteiger partial charge in [-0.2, -0.15) is 0 Å². The van der Waals surface area contributed by atoms with E-state index in [2.05, 4.69) is 10.6 Å². The van der Waals surface area contributed by atoms with Crippen LogP contribution in [-0.2, 0) is 16.0 Å². The maximum atomic E-state index is 12.1. The lowest BCUT2D eigenvalue weighted by Crippen LogP contribution is -2.24. The summed E-state index contributed by atoms with van der Waals surface area (Å²) in [7, 11) is 0. The second kappa shape index (κ2) is 7.22. The fraction of sp³-hybridized carbons (Fsp3) is 0.118. The van der Waals surface area contributed by atoms with E-state index < -0.39 is 5.97 Å². The number of hydrogen-bond acceptors (Lipinski definition) is 4. The third-order valence-electron chi connectivity index (χ3n) is 3.03. The smallest absolute Gasteiger partial charge is 0.255 e. The molecule has 0 fully saturated rings. The first kappa shape index (κ1) is 16.2. The summed E-state index contributed by atoms with van der Waals surface area (Å²) < 4.78 is 0. The number of nitrogens with one attached hydrogen (secondary N) is 2. The molecule has 2 aromatic rings. The summed E-state index contributed by atoms with van der Waals surface area (Å²) in [6.07, 6.45) is -0.168. The van der Waals surface area contributed by atoms with Crippen molar-refractivity contribution >= 4 is 29.2 Å². The van der Waals surface area contributed by atoms with Crippen molar-refractivity contribution < 1.29 is 19.5 Å². The molecular formula is C17H15N2O4-. The van der Waals surface area contributed by atoms with E-state index in [1.54, 1.807) is 48.5 Å². The number of carbonyl (C=O) groups excluding carboxylic acids is 3. The van der Waals surface area contributed by atoms with Crippen LogP contribution in [0.4, 0.5) is 11.4 Å². The minimum Gasteiger partial charge on any atom is -0.550 e. The topological polar surface area (TPSA) is 98.3 Å². The number of amides is 2.